The van der Waals surface area contributed by atoms with Crippen molar-refractivity contribution in [1.29, 1.82) is 0 Å². The molecule has 0 atom stereocenters. The van der Waals surface area contributed by atoms with Crippen LogP contribution in [0.1, 0.15) is 12.8 Å². The number of unbranched alkanes of at least 4 members (excludes halogenated alkanes) is 1. The molecular formula is C10H13O2. The molecule has 0 heterocycles. The molecule has 0 spiro atoms. The SMILES string of the molecule is OCCCCOc1cc[c]cc1. The molecule has 1 N–H and O–H groups in total. The molecule has 0 aliphatic rings. The molecule has 0 amide bonds. The normalized spacial score (nSPS) is 9.75. The average Bonchev–Trinajstić information content (AvgIpc) is 2.14. The molecular weight excluding hydrogens is 152 g/mol. The van der Waals surface area contributed by atoms with Crippen molar-refractivity contribution >= 4 is 0 Å². The van der Waals surface area contributed by atoms with Gasteiger partial charge in [-0.3, -0.25) is 0 Å². The van der Waals surface area contributed by atoms with Gasteiger partial charge in [-0.15, -0.1) is 0 Å². The van der Waals surface area contributed by atoms with E-state index in [0.717, 1.165) is 18.6 Å². The maximum Gasteiger partial charge on any atom is 0.119 e. The van der Waals surface area contributed by atoms with Gasteiger partial charge < -0.3 is 9.84 Å². The number of rotatable bonds is 5. The highest BCUT2D eigenvalue weighted by Gasteiger charge is 1.90. The van der Waals surface area contributed by atoms with Crippen LogP contribution in [0.3, 0.4) is 0 Å². The zero-order valence-electron chi connectivity index (χ0n) is 6.99. The lowest BCUT2D eigenvalue weighted by Crippen LogP contribution is -1.97. The molecule has 0 aliphatic carbocycles. The molecule has 0 saturated heterocycles. The van der Waals surface area contributed by atoms with Crippen molar-refractivity contribution in [3.05, 3.63) is 30.3 Å². The summed E-state index contributed by atoms with van der Waals surface area (Å²) in [5.74, 6) is 0.867. The Hall–Kier alpha value is -1.02. The molecule has 0 aromatic heterocycles. The Morgan fingerprint density at radius 2 is 2.00 bits per heavy atom. The molecule has 2 nitrogen and oxygen atoms in total. The first-order valence-corrected chi connectivity index (χ1v) is 4.13. The molecule has 0 saturated carbocycles. The van der Waals surface area contributed by atoms with Gasteiger partial charge in [-0.05, 0) is 31.0 Å². The van der Waals surface area contributed by atoms with Gasteiger partial charge in [-0.2, -0.15) is 0 Å². The Morgan fingerprint density at radius 3 is 2.67 bits per heavy atom. The van der Waals surface area contributed by atoms with Crippen molar-refractivity contribution in [3.8, 4) is 5.75 Å². The third kappa shape index (κ3) is 3.39. The Bertz CT molecular complexity index is 196. The summed E-state index contributed by atoms with van der Waals surface area (Å²) in [4.78, 5) is 0. The maximum absolute atomic E-state index is 8.50. The summed E-state index contributed by atoms with van der Waals surface area (Å²) < 4.78 is 5.38. The van der Waals surface area contributed by atoms with Gasteiger partial charge in [0.2, 0.25) is 0 Å². The quantitative estimate of drug-likeness (QED) is 0.672. The van der Waals surface area contributed by atoms with E-state index in [4.69, 9.17) is 9.84 Å². The van der Waals surface area contributed by atoms with Crippen LogP contribution < -0.4 is 4.74 Å². The molecule has 2 heteroatoms. The summed E-state index contributed by atoms with van der Waals surface area (Å²) >= 11 is 0. The van der Waals surface area contributed by atoms with Crippen LogP contribution in [0, 0.1) is 6.07 Å². The first-order chi connectivity index (χ1) is 5.93. The number of aliphatic hydroxyl groups excluding tert-OH is 1. The van der Waals surface area contributed by atoms with E-state index in [-0.39, 0.29) is 6.61 Å². The van der Waals surface area contributed by atoms with Crippen LogP contribution in [-0.4, -0.2) is 18.3 Å². The third-order valence-corrected chi connectivity index (χ3v) is 1.51. The molecule has 12 heavy (non-hydrogen) atoms. The van der Waals surface area contributed by atoms with Crippen molar-refractivity contribution in [3.63, 3.8) is 0 Å². The van der Waals surface area contributed by atoms with Crippen LogP contribution in [0.4, 0.5) is 0 Å². The zero-order chi connectivity index (χ0) is 8.65. The van der Waals surface area contributed by atoms with E-state index in [1.165, 1.54) is 0 Å². The van der Waals surface area contributed by atoms with E-state index in [1.807, 2.05) is 24.3 Å². The Labute approximate surface area is 72.8 Å². The topological polar surface area (TPSA) is 29.5 Å². The smallest absolute Gasteiger partial charge is 0.119 e. The average molecular weight is 165 g/mol. The van der Waals surface area contributed by atoms with Crippen LogP contribution in [0.15, 0.2) is 24.3 Å². The first-order valence-electron chi connectivity index (χ1n) is 4.13. The van der Waals surface area contributed by atoms with Crippen molar-refractivity contribution in [1.82, 2.24) is 0 Å². The minimum absolute atomic E-state index is 0.242. The van der Waals surface area contributed by atoms with Crippen molar-refractivity contribution < 1.29 is 9.84 Å². The molecule has 1 aromatic rings. The predicted octanol–water partition coefficient (Wildman–Crippen LogP) is 1.64. The summed E-state index contributed by atoms with van der Waals surface area (Å²) in [6.45, 7) is 0.913. The fourth-order valence-electron chi connectivity index (χ4n) is 0.872. The van der Waals surface area contributed by atoms with Crippen molar-refractivity contribution in [2.45, 2.75) is 12.8 Å². The van der Waals surface area contributed by atoms with Crippen molar-refractivity contribution in [2.24, 2.45) is 0 Å². The van der Waals surface area contributed by atoms with Gasteiger partial charge in [0.1, 0.15) is 5.75 Å². The van der Waals surface area contributed by atoms with Gasteiger partial charge in [0, 0.05) is 6.61 Å². The lowest BCUT2D eigenvalue weighted by Gasteiger charge is -2.03. The number of benzene rings is 1. The van der Waals surface area contributed by atoms with E-state index in [0.29, 0.717) is 6.61 Å². The van der Waals surface area contributed by atoms with Gasteiger partial charge in [0.05, 0.1) is 6.61 Å². The van der Waals surface area contributed by atoms with E-state index in [1.54, 1.807) is 0 Å². The van der Waals surface area contributed by atoms with Gasteiger partial charge in [-0.1, -0.05) is 12.1 Å². The Kier molecular flexibility index (Phi) is 4.24. The zero-order valence-corrected chi connectivity index (χ0v) is 6.99. The molecule has 1 rings (SSSR count). The monoisotopic (exact) mass is 165 g/mol. The molecule has 1 radical (unpaired) electrons. The fraction of sp³-hybridized carbons (Fsp3) is 0.400. The second kappa shape index (κ2) is 5.61. The molecule has 0 aliphatic heterocycles. The summed E-state index contributed by atoms with van der Waals surface area (Å²) in [6, 6.07) is 10.3. The van der Waals surface area contributed by atoms with E-state index < -0.39 is 0 Å². The number of hydrogen-bond donors (Lipinski definition) is 1. The second-order valence-electron chi connectivity index (χ2n) is 2.51. The summed E-state index contributed by atoms with van der Waals surface area (Å²) in [7, 11) is 0. The highest BCUT2D eigenvalue weighted by atomic mass is 16.5. The van der Waals surface area contributed by atoms with E-state index in [9.17, 15) is 0 Å². The van der Waals surface area contributed by atoms with Crippen molar-refractivity contribution in [2.75, 3.05) is 13.2 Å². The Balaban J connectivity index is 2.16. The number of hydrogen-bond acceptors (Lipinski definition) is 2. The van der Waals surface area contributed by atoms with Crippen LogP contribution in [0.5, 0.6) is 5.75 Å². The van der Waals surface area contributed by atoms with Gasteiger partial charge in [-0.25, -0.2) is 0 Å². The van der Waals surface area contributed by atoms with Crippen LogP contribution in [0.25, 0.3) is 0 Å². The second-order valence-corrected chi connectivity index (χ2v) is 2.51. The largest absolute Gasteiger partial charge is 0.494 e. The molecule has 0 bridgehead atoms. The molecule has 65 valence electrons. The highest BCUT2D eigenvalue weighted by molar-refractivity contribution is 5.20. The van der Waals surface area contributed by atoms with Crippen LogP contribution in [-0.2, 0) is 0 Å². The lowest BCUT2D eigenvalue weighted by atomic mass is 10.3. The minimum Gasteiger partial charge on any atom is -0.494 e. The summed E-state index contributed by atoms with van der Waals surface area (Å²) in [5.41, 5.74) is 0. The third-order valence-electron chi connectivity index (χ3n) is 1.51. The number of aliphatic hydroxyl groups is 1. The molecule has 1 aromatic carbocycles. The minimum atomic E-state index is 0.242. The van der Waals surface area contributed by atoms with Crippen LogP contribution >= 0.6 is 0 Å². The summed E-state index contributed by atoms with van der Waals surface area (Å²) in [5, 5.41) is 8.50. The summed E-state index contributed by atoms with van der Waals surface area (Å²) in [6.07, 6.45) is 1.70. The highest BCUT2D eigenvalue weighted by Crippen LogP contribution is 2.08. The van der Waals surface area contributed by atoms with E-state index >= 15 is 0 Å². The maximum atomic E-state index is 8.50. The number of ether oxygens (including phenoxy) is 1. The fourth-order valence-corrected chi connectivity index (χ4v) is 0.872. The van der Waals surface area contributed by atoms with Gasteiger partial charge in [0.15, 0.2) is 0 Å². The Morgan fingerprint density at radius 1 is 1.25 bits per heavy atom. The molecule has 0 unspecified atom stereocenters. The van der Waals surface area contributed by atoms with Crippen LogP contribution in [0.2, 0.25) is 0 Å². The predicted molar refractivity (Wildman–Crippen MR) is 47.1 cm³/mol. The molecule has 0 fully saturated rings. The van der Waals surface area contributed by atoms with Gasteiger partial charge >= 0.3 is 0 Å². The lowest BCUT2D eigenvalue weighted by molar-refractivity contribution is 0.253. The first kappa shape index (κ1) is 9.07. The van der Waals surface area contributed by atoms with E-state index in [2.05, 4.69) is 6.07 Å². The van der Waals surface area contributed by atoms with Gasteiger partial charge in [0.25, 0.3) is 0 Å². The standard InChI is InChI=1S/C10H13O2/c11-8-4-5-9-12-10-6-2-1-3-7-10/h2-3,6-7,11H,4-5,8-9H2.